The van der Waals surface area contributed by atoms with E-state index in [0.717, 1.165) is 28.8 Å². The van der Waals surface area contributed by atoms with E-state index in [4.69, 9.17) is 0 Å². The molecule has 0 unspecified atom stereocenters. The number of nitrogens with zero attached hydrogens (tertiary/aromatic N) is 2. The van der Waals surface area contributed by atoms with Gasteiger partial charge in [-0.3, -0.25) is 19.3 Å². The molecule has 2 aromatic rings. The first kappa shape index (κ1) is 22.4. The van der Waals surface area contributed by atoms with Gasteiger partial charge in [0, 0.05) is 25.5 Å². The predicted octanol–water partition coefficient (Wildman–Crippen LogP) is 4.45. The number of carbonyl (C=O) groups is 3. The van der Waals surface area contributed by atoms with Crippen LogP contribution in [0.4, 0.5) is 29.3 Å². The van der Waals surface area contributed by atoms with Crippen molar-refractivity contribution in [3.63, 3.8) is 0 Å². The first-order valence-corrected chi connectivity index (χ1v) is 9.86. The van der Waals surface area contributed by atoms with Gasteiger partial charge in [0.1, 0.15) is 6.54 Å². The summed E-state index contributed by atoms with van der Waals surface area (Å²) in [5.41, 5.74) is 0.684. The van der Waals surface area contributed by atoms with Crippen LogP contribution in [0, 0.1) is 0 Å². The third kappa shape index (κ3) is 5.46. The SMILES string of the molecule is CN(C)c1ccc(/C=C2\SC(=O)N(CC(=O)Nc3cccc(C(F)(F)F)c3)C2=O)cc1. The van der Waals surface area contributed by atoms with Crippen molar-refractivity contribution in [2.24, 2.45) is 0 Å². The minimum Gasteiger partial charge on any atom is -0.378 e. The topological polar surface area (TPSA) is 69.7 Å². The lowest BCUT2D eigenvalue weighted by molar-refractivity contribution is -0.137. The highest BCUT2D eigenvalue weighted by Gasteiger charge is 2.36. The fraction of sp³-hybridized carbons (Fsp3) is 0.190. The summed E-state index contributed by atoms with van der Waals surface area (Å²) in [6, 6.07) is 11.4. The summed E-state index contributed by atoms with van der Waals surface area (Å²) < 4.78 is 38.4. The second kappa shape index (κ2) is 8.84. The van der Waals surface area contributed by atoms with Crippen LogP contribution in [0.25, 0.3) is 6.08 Å². The Balaban J connectivity index is 1.68. The van der Waals surface area contributed by atoms with E-state index in [2.05, 4.69) is 5.32 Å². The summed E-state index contributed by atoms with van der Waals surface area (Å²) in [4.78, 5) is 39.8. The highest BCUT2D eigenvalue weighted by Crippen LogP contribution is 2.33. The Hall–Kier alpha value is -3.27. The summed E-state index contributed by atoms with van der Waals surface area (Å²) in [5.74, 6) is -1.41. The van der Waals surface area contributed by atoms with Crippen LogP contribution in [-0.2, 0) is 15.8 Å². The van der Waals surface area contributed by atoms with Crippen LogP contribution in [-0.4, -0.2) is 42.6 Å². The lowest BCUT2D eigenvalue weighted by Gasteiger charge is -2.13. The molecule has 1 aliphatic heterocycles. The van der Waals surface area contributed by atoms with Crippen molar-refractivity contribution in [3.05, 3.63) is 64.6 Å². The van der Waals surface area contributed by atoms with Gasteiger partial charge in [-0.05, 0) is 53.7 Å². The van der Waals surface area contributed by atoms with Crippen LogP contribution in [0.1, 0.15) is 11.1 Å². The molecule has 0 radical (unpaired) electrons. The smallest absolute Gasteiger partial charge is 0.378 e. The van der Waals surface area contributed by atoms with Crippen molar-refractivity contribution in [1.29, 1.82) is 0 Å². The van der Waals surface area contributed by atoms with Crippen molar-refractivity contribution >= 4 is 46.3 Å². The zero-order valence-electron chi connectivity index (χ0n) is 16.6. The monoisotopic (exact) mass is 449 g/mol. The van der Waals surface area contributed by atoms with Gasteiger partial charge < -0.3 is 10.2 Å². The van der Waals surface area contributed by atoms with Crippen LogP contribution in [0.5, 0.6) is 0 Å². The molecule has 0 saturated carbocycles. The van der Waals surface area contributed by atoms with Crippen LogP contribution in [0.15, 0.2) is 53.4 Å². The average molecular weight is 449 g/mol. The van der Waals surface area contributed by atoms with Gasteiger partial charge in [0.25, 0.3) is 11.1 Å². The Kier molecular flexibility index (Phi) is 6.40. The van der Waals surface area contributed by atoms with Gasteiger partial charge in [-0.1, -0.05) is 18.2 Å². The summed E-state index contributed by atoms with van der Waals surface area (Å²) in [7, 11) is 3.79. The molecule has 0 bridgehead atoms. The molecule has 6 nitrogen and oxygen atoms in total. The molecule has 0 spiro atoms. The number of halogens is 3. The Labute approximate surface area is 180 Å². The molecule has 162 valence electrons. The minimum atomic E-state index is -4.55. The molecule has 2 aromatic carbocycles. The Bertz CT molecular complexity index is 1050. The number of hydrogen-bond acceptors (Lipinski definition) is 5. The third-order valence-electron chi connectivity index (χ3n) is 4.36. The highest BCUT2D eigenvalue weighted by molar-refractivity contribution is 8.18. The summed E-state index contributed by atoms with van der Waals surface area (Å²) in [5, 5.41) is 1.66. The van der Waals surface area contributed by atoms with Crippen LogP contribution >= 0.6 is 11.8 Å². The maximum absolute atomic E-state index is 12.8. The van der Waals surface area contributed by atoms with Gasteiger partial charge in [-0.25, -0.2) is 0 Å². The maximum atomic E-state index is 12.8. The van der Waals surface area contributed by atoms with Crippen LogP contribution < -0.4 is 10.2 Å². The molecule has 1 heterocycles. The summed E-state index contributed by atoms with van der Waals surface area (Å²) in [6.07, 6.45) is -3.00. The number of thioether (sulfide) groups is 1. The maximum Gasteiger partial charge on any atom is 0.416 e. The highest BCUT2D eigenvalue weighted by atomic mass is 32.2. The Morgan fingerprint density at radius 1 is 1.13 bits per heavy atom. The van der Waals surface area contributed by atoms with E-state index in [1.54, 1.807) is 18.2 Å². The number of hydrogen-bond donors (Lipinski definition) is 1. The number of rotatable bonds is 5. The van der Waals surface area contributed by atoms with Crippen molar-refractivity contribution in [3.8, 4) is 0 Å². The number of anilines is 2. The molecule has 3 rings (SSSR count). The van der Waals surface area contributed by atoms with E-state index >= 15 is 0 Å². The second-order valence-electron chi connectivity index (χ2n) is 6.88. The molecule has 3 amide bonds. The van der Waals surface area contributed by atoms with E-state index in [1.165, 1.54) is 6.07 Å². The minimum absolute atomic E-state index is 0.0803. The van der Waals surface area contributed by atoms with E-state index in [-0.39, 0.29) is 10.6 Å². The fourth-order valence-corrected chi connectivity index (χ4v) is 3.61. The molecule has 1 saturated heterocycles. The van der Waals surface area contributed by atoms with Gasteiger partial charge in [-0.15, -0.1) is 0 Å². The quantitative estimate of drug-likeness (QED) is 0.684. The number of amides is 3. The Morgan fingerprint density at radius 2 is 1.81 bits per heavy atom. The molecule has 1 aliphatic rings. The summed E-state index contributed by atoms with van der Waals surface area (Å²) in [6.45, 7) is -0.599. The van der Waals surface area contributed by atoms with Crippen molar-refractivity contribution in [2.75, 3.05) is 30.9 Å². The predicted molar refractivity (Wildman–Crippen MR) is 114 cm³/mol. The van der Waals surface area contributed by atoms with Crippen molar-refractivity contribution < 1.29 is 27.6 Å². The largest absolute Gasteiger partial charge is 0.416 e. The fourth-order valence-electron chi connectivity index (χ4n) is 2.77. The molecular weight excluding hydrogens is 431 g/mol. The zero-order chi connectivity index (χ0) is 22.8. The molecule has 1 N–H and O–H groups in total. The average Bonchev–Trinajstić information content (AvgIpc) is 2.95. The van der Waals surface area contributed by atoms with Crippen molar-refractivity contribution in [2.45, 2.75) is 6.18 Å². The van der Waals surface area contributed by atoms with Crippen molar-refractivity contribution in [1.82, 2.24) is 4.90 Å². The first-order valence-electron chi connectivity index (χ1n) is 9.04. The standard InChI is InChI=1S/C21H18F3N3O3S/c1-26(2)16-8-6-13(7-9-16)10-17-19(29)27(20(30)31-17)12-18(28)25-15-5-3-4-14(11-15)21(22,23)24/h3-11H,12H2,1-2H3,(H,25,28)/b17-10-. The van der Waals surface area contributed by atoms with Gasteiger partial charge >= 0.3 is 6.18 Å². The lowest BCUT2D eigenvalue weighted by Crippen LogP contribution is -2.36. The number of alkyl halides is 3. The zero-order valence-corrected chi connectivity index (χ0v) is 17.4. The first-order chi connectivity index (χ1) is 14.5. The molecule has 0 atom stereocenters. The van der Waals surface area contributed by atoms with E-state index < -0.39 is 35.3 Å². The van der Waals surface area contributed by atoms with Crippen LogP contribution in [0.2, 0.25) is 0 Å². The number of nitrogens with one attached hydrogen (secondary N) is 1. The number of benzene rings is 2. The molecule has 31 heavy (non-hydrogen) atoms. The lowest BCUT2D eigenvalue weighted by atomic mass is 10.2. The second-order valence-corrected chi connectivity index (χ2v) is 7.87. The van der Waals surface area contributed by atoms with E-state index in [1.807, 2.05) is 31.1 Å². The van der Waals surface area contributed by atoms with Gasteiger partial charge in [0.05, 0.1) is 10.5 Å². The summed E-state index contributed by atoms with van der Waals surface area (Å²) >= 11 is 0.701. The van der Waals surface area contributed by atoms with Gasteiger partial charge in [0.2, 0.25) is 5.91 Å². The molecule has 1 fully saturated rings. The molecular formula is C21H18F3N3O3S. The normalized spacial score (nSPS) is 15.5. The van der Waals surface area contributed by atoms with E-state index in [9.17, 15) is 27.6 Å². The van der Waals surface area contributed by atoms with Gasteiger partial charge in [-0.2, -0.15) is 13.2 Å². The third-order valence-corrected chi connectivity index (χ3v) is 5.26. The molecule has 0 aliphatic carbocycles. The number of carbonyl (C=O) groups excluding carboxylic acids is 3. The molecule has 10 heteroatoms. The van der Waals surface area contributed by atoms with Gasteiger partial charge in [0.15, 0.2) is 0 Å². The van der Waals surface area contributed by atoms with Crippen LogP contribution in [0.3, 0.4) is 0 Å². The van der Waals surface area contributed by atoms with E-state index in [0.29, 0.717) is 17.3 Å². The number of imide groups is 1. The molecule has 0 aromatic heterocycles. The Morgan fingerprint density at radius 3 is 2.42 bits per heavy atom.